The molecule has 4 rings (SSSR count). The Kier molecular flexibility index (Phi) is 7.16. The molecule has 0 unspecified atom stereocenters. The molecule has 1 aromatic carbocycles. The Hall–Kier alpha value is -3.72. The lowest BCUT2D eigenvalue weighted by atomic mass is 9.96. The van der Waals surface area contributed by atoms with E-state index in [4.69, 9.17) is 10.5 Å². The molecule has 1 aliphatic heterocycles. The van der Waals surface area contributed by atoms with E-state index >= 15 is 8.78 Å². The zero-order valence-corrected chi connectivity index (χ0v) is 20.1. The molecule has 0 saturated carbocycles. The van der Waals surface area contributed by atoms with Gasteiger partial charge in [0, 0.05) is 25.5 Å². The monoisotopic (exact) mass is 481 g/mol. The summed E-state index contributed by atoms with van der Waals surface area (Å²) in [5, 5.41) is 3.10. The summed E-state index contributed by atoms with van der Waals surface area (Å²) < 4.78 is 37.5. The van der Waals surface area contributed by atoms with Gasteiger partial charge in [0.05, 0.1) is 36.2 Å². The summed E-state index contributed by atoms with van der Waals surface area (Å²) in [6.45, 7) is 6.60. The molecule has 0 amide bonds. The van der Waals surface area contributed by atoms with Crippen LogP contribution in [0.25, 0.3) is 16.5 Å². The second-order valence-electron chi connectivity index (χ2n) is 8.44. The molecule has 1 saturated heterocycles. The third kappa shape index (κ3) is 4.77. The number of ether oxygens (including phenoxy) is 1. The Bertz CT molecular complexity index is 1360. The predicted octanol–water partition coefficient (Wildman–Crippen LogP) is 4.45. The molecule has 3 heterocycles. The van der Waals surface area contributed by atoms with Crippen molar-refractivity contribution in [3.05, 3.63) is 75.9 Å². The summed E-state index contributed by atoms with van der Waals surface area (Å²) in [7, 11) is 1.48. The summed E-state index contributed by atoms with van der Waals surface area (Å²) in [5.74, 6) is -1.07. The van der Waals surface area contributed by atoms with Crippen molar-refractivity contribution in [3.8, 4) is 0 Å². The Morgan fingerprint density at radius 3 is 2.63 bits per heavy atom. The molecule has 0 spiro atoms. The van der Waals surface area contributed by atoms with Gasteiger partial charge in [0.1, 0.15) is 23.1 Å². The number of morpholine rings is 1. The van der Waals surface area contributed by atoms with Crippen LogP contribution in [0.5, 0.6) is 0 Å². The largest absolute Gasteiger partial charge is 0.405 e. The normalized spacial score (nSPS) is 15.1. The van der Waals surface area contributed by atoms with E-state index < -0.39 is 17.2 Å². The van der Waals surface area contributed by atoms with Gasteiger partial charge >= 0.3 is 0 Å². The fraction of sp³-hybridized carbons (Fsp3) is 0.308. The van der Waals surface area contributed by atoms with Crippen molar-refractivity contribution in [1.82, 2.24) is 9.55 Å². The average molecular weight is 482 g/mol. The molecule has 3 aromatic rings. The number of nitrogens with two attached hydrogens (primary N) is 1. The van der Waals surface area contributed by atoms with Crippen LogP contribution in [0.15, 0.2) is 53.1 Å². The minimum absolute atomic E-state index is 0.114. The van der Waals surface area contributed by atoms with Crippen LogP contribution in [0, 0.1) is 11.6 Å². The first-order valence-corrected chi connectivity index (χ1v) is 11.5. The number of nitrogens with one attached hydrogen (secondary N) is 1. The molecule has 0 radical (unpaired) electrons. The smallest absolute Gasteiger partial charge is 0.274 e. The van der Waals surface area contributed by atoms with Crippen molar-refractivity contribution in [2.75, 3.05) is 36.5 Å². The first-order chi connectivity index (χ1) is 16.8. The van der Waals surface area contributed by atoms with E-state index in [2.05, 4.69) is 15.2 Å². The Labute approximate surface area is 202 Å². The molecule has 35 heavy (non-hydrogen) atoms. The molecular weight excluding hydrogens is 452 g/mol. The van der Waals surface area contributed by atoms with E-state index in [0.717, 1.165) is 24.4 Å². The molecule has 1 fully saturated rings. The van der Waals surface area contributed by atoms with Gasteiger partial charge in [-0.05, 0) is 55.5 Å². The van der Waals surface area contributed by atoms with E-state index in [1.54, 1.807) is 19.2 Å². The van der Waals surface area contributed by atoms with E-state index in [9.17, 15) is 4.79 Å². The number of pyridine rings is 2. The van der Waals surface area contributed by atoms with Gasteiger partial charge < -0.3 is 25.3 Å². The highest BCUT2D eigenvalue weighted by molar-refractivity contribution is 5.90. The number of benzene rings is 1. The number of nitrogens with zero attached hydrogens (tertiary/aromatic N) is 3. The Morgan fingerprint density at radius 1 is 1.26 bits per heavy atom. The first kappa shape index (κ1) is 24.4. The molecule has 3 N–H and O–H groups in total. The van der Waals surface area contributed by atoms with Crippen LogP contribution < -0.4 is 21.5 Å². The van der Waals surface area contributed by atoms with Crippen LogP contribution in [0.3, 0.4) is 0 Å². The number of halogens is 2. The van der Waals surface area contributed by atoms with Gasteiger partial charge in [0.25, 0.3) is 5.56 Å². The number of rotatable bonds is 6. The highest BCUT2D eigenvalue weighted by Crippen LogP contribution is 2.33. The average Bonchev–Trinajstić information content (AvgIpc) is 2.88. The SMILES string of the molecule is CC/C(C)=C(/C=C\N)c1c(F)cc2c(cc(Nc3ccc(N4CCOCC4)cn3)c(=O)n2C)c1F. The molecule has 0 atom stereocenters. The van der Waals surface area contributed by atoms with Crippen LogP contribution in [0.4, 0.5) is 26.0 Å². The lowest BCUT2D eigenvalue weighted by molar-refractivity contribution is 0.122. The lowest BCUT2D eigenvalue weighted by Gasteiger charge is -2.28. The Balaban J connectivity index is 1.77. The topological polar surface area (TPSA) is 85.4 Å². The number of aryl methyl sites for hydroxylation is 1. The molecular formula is C26H29F2N5O2. The molecule has 184 valence electrons. The van der Waals surface area contributed by atoms with Crippen molar-refractivity contribution in [2.45, 2.75) is 20.3 Å². The van der Waals surface area contributed by atoms with E-state index in [1.807, 2.05) is 13.0 Å². The summed E-state index contributed by atoms with van der Waals surface area (Å²) >= 11 is 0. The third-order valence-electron chi connectivity index (χ3n) is 6.33. The molecule has 9 heteroatoms. The van der Waals surface area contributed by atoms with Crippen molar-refractivity contribution in [1.29, 1.82) is 0 Å². The van der Waals surface area contributed by atoms with Crippen molar-refractivity contribution in [3.63, 3.8) is 0 Å². The number of aromatic nitrogens is 2. The minimum atomic E-state index is -0.757. The third-order valence-corrected chi connectivity index (χ3v) is 6.33. The van der Waals surface area contributed by atoms with Crippen LogP contribution >= 0.6 is 0 Å². The van der Waals surface area contributed by atoms with Crippen molar-refractivity contribution in [2.24, 2.45) is 12.8 Å². The molecule has 7 nitrogen and oxygen atoms in total. The number of hydrogen-bond acceptors (Lipinski definition) is 6. The first-order valence-electron chi connectivity index (χ1n) is 11.5. The molecule has 1 aliphatic rings. The fourth-order valence-corrected chi connectivity index (χ4v) is 4.20. The number of fused-ring (bicyclic) bond motifs is 1. The zero-order chi connectivity index (χ0) is 25.1. The van der Waals surface area contributed by atoms with Gasteiger partial charge in [-0.25, -0.2) is 13.8 Å². The van der Waals surface area contributed by atoms with Crippen LogP contribution in [-0.2, 0) is 11.8 Å². The second-order valence-corrected chi connectivity index (χ2v) is 8.44. The van der Waals surface area contributed by atoms with E-state index in [0.29, 0.717) is 31.0 Å². The molecule has 0 aliphatic carbocycles. The van der Waals surface area contributed by atoms with Crippen LogP contribution in [0.1, 0.15) is 25.8 Å². The number of allylic oxidation sites excluding steroid dienone is 3. The van der Waals surface area contributed by atoms with Gasteiger partial charge in [-0.3, -0.25) is 4.79 Å². The number of hydrogen-bond donors (Lipinski definition) is 2. The quantitative estimate of drug-likeness (QED) is 0.506. The lowest BCUT2D eigenvalue weighted by Crippen LogP contribution is -2.36. The highest BCUT2D eigenvalue weighted by Gasteiger charge is 2.21. The summed E-state index contributed by atoms with van der Waals surface area (Å²) in [4.78, 5) is 19.6. The van der Waals surface area contributed by atoms with Crippen molar-refractivity contribution >= 4 is 33.7 Å². The van der Waals surface area contributed by atoms with Gasteiger partial charge in [0.15, 0.2) is 0 Å². The number of anilines is 3. The van der Waals surface area contributed by atoms with Crippen LogP contribution in [0.2, 0.25) is 0 Å². The maximum Gasteiger partial charge on any atom is 0.274 e. The highest BCUT2D eigenvalue weighted by atomic mass is 19.1. The second kappa shape index (κ2) is 10.3. The summed E-state index contributed by atoms with van der Waals surface area (Å²) in [6.07, 6.45) is 5.07. The summed E-state index contributed by atoms with van der Waals surface area (Å²) in [6, 6.07) is 6.25. The van der Waals surface area contributed by atoms with Gasteiger partial charge in [-0.1, -0.05) is 12.5 Å². The maximum absolute atomic E-state index is 15.8. The molecule has 0 bridgehead atoms. The van der Waals surface area contributed by atoms with Crippen LogP contribution in [-0.4, -0.2) is 35.9 Å². The molecule has 2 aromatic heterocycles. The zero-order valence-electron chi connectivity index (χ0n) is 20.1. The van der Waals surface area contributed by atoms with Gasteiger partial charge in [-0.15, -0.1) is 0 Å². The maximum atomic E-state index is 15.8. The fourth-order valence-electron chi connectivity index (χ4n) is 4.20. The minimum Gasteiger partial charge on any atom is -0.405 e. The van der Waals surface area contributed by atoms with Gasteiger partial charge in [0.2, 0.25) is 0 Å². The standard InChI is InChI=1S/C26H29F2N5O2/c1-4-16(2)18(7-8-29)24-20(27)14-22-19(25(24)28)13-21(26(34)32(22)3)31-23-6-5-17(15-30-23)33-9-11-35-12-10-33/h5-8,13-15H,4,9-12,29H2,1-3H3,(H,30,31)/b8-7-,18-16-. The Morgan fingerprint density at radius 2 is 2.00 bits per heavy atom. The predicted molar refractivity (Wildman–Crippen MR) is 136 cm³/mol. The van der Waals surface area contributed by atoms with Gasteiger partial charge in [-0.2, -0.15) is 0 Å². The van der Waals surface area contributed by atoms with E-state index in [-0.39, 0.29) is 22.2 Å². The summed E-state index contributed by atoms with van der Waals surface area (Å²) in [5.41, 5.74) is 7.37. The van der Waals surface area contributed by atoms with Crippen molar-refractivity contribution < 1.29 is 13.5 Å². The van der Waals surface area contributed by atoms with E-state index in [1.165, 1.54) is 36.0 Å².